The summed E-state index contributed by atoms with van der Waals surface area (Å²) in [5, 5.41) is 8.19. The van der Waals surface area contributed by atoms with Crippen LogP contribution in [0.1, 0.15) is 22.5 Å². The SMILES string of the molecule is Cc1cnc(F)cc1-c1cnc(CCc2c(F)ccc3c2CCO3)n2cnnc12. The first-order valence-corrected chi connectivity index (χ1v) is 9.35. The van der Waals surface area contributed by atoms with E-state index in [-0.39, 0.29) is 5.82 Å². The number of pyridine rings is 1. The van der Waals surface area contributed by atoms with Crippen molar-refractivity contribution >= 4 is 5.65 Å². The third kappa shape index (κ3) is 3.00. The standard InChI is InChI=1S/C21H17F2N5O/c1-12-9-24-19(23)8-15(12)16-10-25-20(28-11-26-27-21(16)28)5-2-13-14-6-7-29-18(14)4-3-17(13)22/h3-4,8-11H,2,5-7H2,1H3. The van der Waals surface area contributed by atoms with Gasteiger partial charge in [-0.25, -0.2) is 14.4 Å². The lowest BCUT2D eigenvalue weighted by Crippen LogP contribution is -2.06. The van der Waals surface area contributed by atoms with Crippen LogP contribution < -0.4 is 4.74 Å². The fourth-order valence-corrected chi connectivity index (χ4v) is 3.85. The van der Waals surface area contributed by atoms with E-state index in [1.807, 2.05) is 6.92 Å². The average Bonchev–Trinajstić information content (AvgIpc) is 3.39. The second kappa shape index (κ2) is 6.88. The van der Waals surface area contributed by atoms with Gasteiger partial charge in [-0.2, -0.15) is 4.39 Å². The smallest absolute Gasteiger partial charge is 0.213 e. The molecule has 0 fully saturated rings. The molecule has 1 aliphatic heterocycles. The van der Waals surface area contributed by atoms with Gasteiger partial charge in [0.1, 0.15) is 23.7 Å². The Morgan fingerprint density at radius 3 is 2.90 bits per heavy atom. The van der Waals surface area contributed by atoms with Crippen LogP contribution in [0.25, 0.3) is 16.8 Å². The van der Waals surface area contributed by atoms with Gasteiger partial charge in [0.2, 0.25) is 5.95 Å². The molecule has 1 aromatic carbocycles. The van der Waals surface area contributed by atoms with Crippen molar-refractivity contribution < 1.29 is 13.5 Å². The molecule has 0 N–H and O–H groups in total. The van der Waals surface area contributed by atoms with Crippen molar-refractivity contribution in [2.45, 2.75) is 26.2 Å². The highest BCUT2D eigenvalue weighted by Crippen LogP contribution is 2.31. The Hall–Kier alpha value is -3.42. The van der Waals surface area contributed by atoms with Crippen LogP contribution in [-0.2, 0) is 19.3 Å². The Labute approximate surface area is 165 Å². The molecule has 4 heterocycles. The number of rotatable bonds is 4. The molecule has 0 amide bonds. The minimum Gasteiger partial charge on any atom is -0.493 e. The van der Waals surface area contributed by atoms with Crippen LogP contribution in [0.15, 0.2) is 36.9 Å². The first kappa shape index (κ1) is 17.7. The number of nitrogens with zero attached hydrogens (tertiary/aromatic N) is 5. The number of benzene rings is 1. The number of hydrogen-bond acceptors (Lipinski definition) is 5. The Kier molecular flexibility index (Phi) is 4.19. The lowest BCUT2D eigenvalue weighted by molar-refractivity contribution is 0.356. The van der Waals surface area contributed by atoms with Gasteiger partial charge >= 0.3 is 0 Å². The van der Waals surface area contributed by atoms with Gasteiger partial charge in [0, 0.05) is 42.4 Å². The maximum absolute atomic E-state index is 14.4. The molecule has 0 saturated heterocycles. The zero-order chi connectivity index (χ0) is 20.0. The molecular formula is C21H17F2N5O. The molecule has 3 aromatic heterocycles. The summed E-state index contributed by atoms with van der Waals surface area (Å²) in [6, 6.07) is 4.50. The number of aromatic nitrogens is 5. The van der Waals surface area contributed by atoms with E-state index in [9.17, 15) is 8.78 Å². The monoisotopic (exact) mass is 393 g/mol. The van der Waals surface area contributed by atoms with Crippen LogP contribution in [0, 0.1) is 18.7 Å². The molecule has 0 saturated carbocycles. The fourth-order valence-electron chi connectivity index (χ4n) is 3.85. The zero-order valence-corrected chi connectivity index (χ0v) is 15.7. The lowest BCUT2D eigenvalue weighted by atomic mass is 9.99. The average molecular weight is 393 g/mol. The first-order chi connectivity index (χ1) is 14.1. The quantitative estimate of drug-likeness (QED) is 0.497. The van der Waals surface area contributed by atoms with Gasteiger partial charge in [0.25, 0.3) is 0 Å². The van der Waals surface area contributed by atoms with Crippen molar-refractivity contribution in [1.29, 1.82) is 0 Å². The molecule has 4 aromatic rings. The first-order valence-electron chi connectivity index (χ1n) is 9.35. The van der Waals surface area contributed by atoms with E-state index in [4.69, 9.17) is 4.74 Å². The van der Waals surface area contributed by atoms with E-state index in [0.29, 0.717) is 54.0 Å². The number of fused-ring (bicyclic) bond motifs is 2. The minimum atomic E-state index is -0.567. The third-order valence-corrected chi connectivity index (χ3v) is 5.31. The number of hydrogen-bond donors (Lipinski definition) is 0. The Balaban J connectivity index is 1.51. The molecule has 0 spiro atoms. The Bertz CT molecular complexity index is 1240. The van der Waals surface area contributed by atoms with Crippen molar-refractivity contribution in [3.05, 3.63) is 71.2 Å². The molecule has 6 nitrogen and oxygen atoms in total. The Morgan fingerprint density at radius 2 is 2.00 bits per heavy atom. The number of ether oxygens (including phenoxy) is 1. The van der Waals surface area contributed by atoms with Gasteiger partial charge < -0.3 is 4.74 Å². The highest BCUT2D eigenvalue weighted by molar-refractivity contribution is 5.78. The van der Waals surface area contributed by atoms with E-state index >= 15 is 0 Å². The van der Waals surface area contributed by atoms with Gasteiger partial charge in [-0.05, 0) is 42.2 Å². The predicted octanol–water partition coefficient (Wildman–Crippen LogP) is 3.49. The predicted molar refractivity (Wildman–Crippen MR) is 102 cm³/mol. The van der Waals surface area contributed by atoms with Crippen molar-refractivity contribution in [2.24, 2.45) is 0 Å². The molecule has 0 atom stereocenters. The molecule has 29 heavy (non-hydrogen) atoms. The van der Waals surface area contributed by atoms with E-state index in [1.54, 1.807) is 23.0 Å². The van der Waals surface area contributed by atoms with Gasteiger partial charge in [-0.3, -0.25) is 4.40 Å². The summed E-state index contributed by atoms with van der Waals surface area (Å²) in [6.07, 6.45) is 6.42. The minimum absolute atomic E-state index is 0.228. The molecule has 5 rings (SSSR count). The molecule has 0 unspecified atom stereocenters. The largest absolute Gasteiger partial charge is 0.493 e. The highest BCUT2D eigenvalue weighted by Gasteiger charge is 2.20. The summed E-state index contributed by atoms with van der Waals surface area (Å²) in [5.41, 5.74) is 4.33. The van der Waals surface area contributed by atoms with Crippen molar-refractivity contribution in [2.75, 3.05) is 6.61 Å². The van der Waals surface area contributed by atoms with E-state index < -0.39 is 5.95 Å². The maximum Gasteiger partial charge on any atom is 0.213 e. The summed E-state index contributed by atoms with van der Waals surface area (Å²) in [4.78, 5) is 8.23. The molecule has 8 heteroatoms. The number of aryl methyl sites for hydroxylation is 2. The molecule has 146 valence electrons. The molecule has 0 radical (unpaired) electrons. The summed E-state index contributed by atoms with van der Waals surface area (Å²) in [6.45, 7) is 2.43. The van der Waals surface area contributed by atoms with Gasteiger partial charge in [-0.15, -0.1) is 10.2 Å². The Morgan fingerprint density at radius 1 is 1.10 bits per heavy atom. The normalized spacial score (nSPS) is 12.9. The second-order valence-corrected chi connectivity index (χ2v) is 7.04. The summed E-state index contributed by atoms with van der Waals surface area (Å²) < 4.78 is 35.4. The molecular weight excluding hydrogens is 376 g/mol. The van der Waals surface area contributed by atoms with Gasteiger partial charge in [0.15, 0.2) is 5.65 Å². The van der Waals surface area contributed by atoms with Crippen LogP contribution in [0.2, 0.25) is 0 Å². The van der Waals surface area contributed by atoms with E-state index in [0.717, 1.165) is 16.9 Å². The van der Waals surface area contributed by atoms with Crippen molar-refractivity contribution in [3.8, 4) is 16.9 Å². The van der Waals surface area contributed by atoms with Gasteiger partial charge in [0.05, 0.1) is 6.61 Å². The number of halogens is 2. The van der Waals surface area contributed by atoms with Gasteiger partial charge in [-0.1, -0.05) is 0 Å². The zero-order valence-electron chi connectivity index (χ0n) is 15.7. The van der Waals surface area contributed by atoms with Crippen LogP contribution >= 0.6 is 0 Å². The van der Waals surface area contributed by atoms with Crippen molar-refractivity contribution in [1.82, 2.24) is 24.6 Å². The topological polar surface area (TPSA) is 65.2 Å². The van der Waals surface area contributed by atoms with E-state index in [1.165, 1.54) is 18.3 Å². The summed E-state index contributed by atoms with van der Waals surface area (Å²) >= 11 is 0. The van der Waals surface area contributed by atoms with E-state index in [2.05, 4.69) is 20.2 Å². The van der Waals surface area contributed by atoms with Crippen molar-refractivity contribution in [3.63, 3.8) is 0 Å². The summed E-state index contributed by atoms with van der Waals surface area (Å²) in [7, 11) is 0. The van der Waals surface area contributed by atoms with Crippen LogP contribution in [0.5, 0.6) is 5.75 Å². The summed E-state index contributed by atoms with van der Waals surface area (Å²) in [5.74, 6) is 0.669. The maximum atomic E-state index is 14.4. The fraction of sp³-hybridized carbons (Fsp3) is 0.238. The lowest BCUT2D eigenvalue weighted by Gasteiger charge is -2.11. The van der Waals surface area contributed by atoms with Crippen LogP contribution in [0.3, 0.4) is 0 Å². The third-order valence-electron chi connectivity index (χ3n) is 5.31. The van der Waals surface area contributed by atoms with Crippen LogP contribution in [0.4, 0.5) is 8.78 Å². The molecule has 0 bridgehead atoms. The van der Waals surface area contributed by atoms with Crippen LogP contribution in [-0.4, -0.2) is 31.2 Å². The molecule has 0 aliphatic carbocycles. The highest BCUT2D eigenvalue weighted by atomic mass is 19.1. The molecule has 1 aliphatic rings. The second-order valence-electron chi connectivity index (χ2n) is 7.04.